The number of amides is 1. The molecule has 1 unspecified atom stereocenters. The number of hydrogen-bond donors (Lipinski definition) is 2. The number of ether oxygens (including phenoxy) is 1. The molecule has 1 atom stereocenters. The largest absolute Gasteiger partial charge is 0.481 e. The van der Waals surface area contributed by atoms with Crippen molar-refractivity contribution in [3.63, 3.8) is 0 Å². The van der Waals surface area contributed by atoms with Gasteiger partial charge in [0.2, 0.25) is 0 Å². The van der Waals surface area contributed by atoms with E-state index in [1.54, 1.807) is 20.8 Å². The monoisotopic (exact) mass is 321 g/mol. The van der Waals surface area contributed by atoms with Crippen LogP contribution in [0.5, 0.6) is 0 Å². The molecular weight excluding hydrogens is 294 g/mol. The summed E-state index contributed by atoms with van der Waals surface area (Å²) in [5, 5.41) is 11.8. The molecule has 0 aromatic heterocycles. The fourth-order valence-corrected chi connectivity index (χ4v) is 2.21. The molecule has 2 N–H and O–H groups in total. The number of carboxylic acids is 1. The molecule has 0 spiro atoms. The highest BCUT2D eigenvalue weighted by molar-refractivity contribution is 5.69. The summed E-state index contributed by atoms with van der Waals surface area (Å²) in [6, 6.07) is 7.85. The zero-order valence-corrected chi connectivity index (χ0v) is 14.6. The Morgan fingerprint density at radius 2 is 1.83 bits per heavy atom. The van der Waals surface area contributed by atoms with Crippen LogP contribution in [0.25, 0.3) is 0 Å². The van der Waals surface area contributed by atoms with E-state index in [1.807, 2.05) is 24.3 Å². The number of hydrogen-bond acceptors (Lipinski definition) is 3. The van der Waals surface area contributed by atoms with Crippen LogP contribution in [0.3, 0.4) is 0 Å². The normalized spacial score (nSPS) is 12.8. The number of carboxylic acid groups (broad SMARTS) is 1. The first-order valence-corrected chi connectivity index (χ1v) is 7.87. The second kappa shape index (κ2) is 7.99. The fraction of sp³-hybridized carbons (Fsp3) is 0.556. The van der Waals surface area contributed by atoms with Crippen molar-refractivity contribution in [2.75, 3.05) is 6.54 Å². The minimum absolute atomic E-state index is 0.0443. The topological polar surface area (TPSA) is 75.6 Å². The molecule has 0 aliphatic rings. The maximum atomic E-state index is 11.8. The van der Waals surface area contributed by atoms with E-state index in [0.29, 0.717) is 5.92 Å². The van der Waals surface area contributed by atoms with Crippen LogP contribution in [0.15, 0.2) is 24.3 Å². The van der Waals surface area contributed by atoms with Crippen LogP contribution in [0.1, 0.15) is 64.0 Å². The van der Waals surface area contributed by atoms with E-state index >= 15 is 0 Å². The molecule has 0 fully saturated rings. The Hall–Kier alpha value is -2.04. The second-order valence-electron chi connectivity index (χ2n) is 7.00. The number of benzene rings is 1. The molecule has 0 saturated heterocycles. The highest BCUT2D eigenvalue weighted by atomic mass is 16.6. The first-order chi connectivity index (χ1) is 10.6. The van der Waals surface area contributed by atoms with Gasteiger partial charge in [0.05, 0.1) is 6.42 Å². The van der Waals surface area contributed by atoms with Gasteiger partial charge in [-0.05, 0) is 37.8 Å². The molecule has 1 amide bonds. The van der Waals surface area contributed by atoms with Crippen LogP contribution in [-0.2, 0) is 9.53 Å². The molecule has 5 heteroatoms. The van der Waals surface area contributed by atoms with Crippen LogP contribution in [0, 0.1) is 0 Å². The molecule has 0 radical (unpaired) electrons. The van der Waals surface area contributed by atoms with Crippen molar-refractivity contribution in [3.05, 3.63) is 35.4 Å². The molecule has 1 aromatic rings. The summed E-state index contributed by atoms with van der Waals surface area (Å²) in [4.78, 5) is 22.9. The van der Waals surface area contributed by atoms with Gasteiger partial charge in [-0.2, -0.15) is 0 Å². The zero-order chi connectivity index (χ0) is 17.6. The van der Waals surface area contributed by atoms with Crippen LogP contribution in [-0.4, -0.2) is 29.3 Å². The summed E-state index contributed by atoms with van der Waals surface area (Å²) in [6.45, 7) is 9.76. The average Bonchev–Trinajstić information content (AvgIpc) is 2.41. The van der Waals surface area contributed by atoms with Crippen molar-refractivity contribution in [2.45, 2.75) is 58.5 Å². The van der Waals surface area contributed by atoms with Gasteiger partial charge in [0.1, 0.15) is 5.60 Å². The van der Waals surface area contributed by atoms with Gasteiger partial charge < -0.3 is 15.2 Å². The smallest absolute Gasteiger partial charge is 0.407 e. The standard InChI is InChI=1S/C18H27NO4/c1-12(2)13-7-6-8-14(9-13)15(10-16(20)21)11-19-17(22)23-18(3,4)5/h6-9,12,15H,10-11H2,1-5H3,(H,19,22)(H,20,21). The summed E-state index contributed by atoms with van der Waals surface area (Å²) < 4.78 is 5.19. The summed E-state index contributed by atoms with van der Waals surface area (Å²) in [5.41, 5.74) is 1.48. The number of nitrogens with one attached hydrogen (secondary N) is 1. The van der Waals surface area contributed by atoms with Crippen molar-refractivity contribution in [1.29, 1.82) is 0 Å². The van der Waals surface area contributed by atoms with Gasteiger partial charge in [0, 0.05) is 12.5 Å². The first kappa shape index (κ1) is 19.0. The average molecular weight is 321 g/mol. The van der Waals surface area contributed by atoms with Gasteiger partial charge in [0.15, 0.2) is 0 Å². The van der Waals surface area contributed by atoms with E-state index in [9.17, 15) is 9.59 Å². The van der Waals surface area contributed by atoms with Crippen molar-refractivity contribution in [2.24, 2.45) is 0 Å². The van der Waals surface area contributed by atoms with Gasteiger partial charge in [-0.15, -0.1) is 0 Å². The number of rotatable bonds is 6. The lowest BCUT2D eigenvalue weighted by Gasteiger charge is -2.22. The molecule has 1 aromatic carbocycles. The van der Waals surface area contributed by atoms with Crippen molar-refractivity contribution in [3.8, 4) is 0 Å². The van der Waals surface area contributed by atoms with Crippen LogP contribution < -0.4 is 5.32 Å². The Morgan fingerprint density at radius 3 is 2.35 bits per heavy atom. The van der Waals surface area contributed by atoms with Gasteiger partial charge in [-0.1, -0.05) is 38.1 Å². The maximum Gasteiger partial charge on any atom is 0.407 e. The number of aliphatic carboxylic acids is 1. The molecule has 5 nitrogen and oxygen atoms in total. The van der Waals surface area contributed by atoms with E-state index in [0.717, 1.165) is 11.1 Å². The molecule has 0 heterocycles. The van der Waals surface area contributed by atoms with Crippen molar-refractivity contribution in [1.82, 2.24) is 5.32 Å². The third kappa shape index (κ3) is 7.17. The maximum absolute atomic E-state index is 11.8. The lowest BCUT2D eigenvalue weighted by molar-refractivity contribution is -0.137. The SMILES string of the molecule is CC(C)c1cccc(C(CNC(=O)OC(C)(C)C)CC(=O)O)c1. The Labute approximate surface area is 138 Å². The van der Waals surface area contributed by atoms with Crippen molar-refractivity contribution < 1.29 is 19.4 Å². The van der Waals surface area contributed by atoms with Crippen LogP contribution in [0.4, 0.5) is 4.79 Å². The highest BCUT2D eigenvalue weighted by Crippen LogP contribution is 2.23. The molecule has 0 aliphatic carbocycles. The second-order valence-corrected chi connectivity index (χ2v) is 7.00. The Bertz CT molecular complexity index is 546. The first-order valence-electron chi connectivity index (χ1n) is 7.87. The van der Waals surface area contributed by atoms with Gasteiger partial charge in [-0.25, -0.2) is 4.79 Å². The Balaban J connectivity index is 2.82. The van der Waals surface area contributed by atoms with E-state index in [1.165, 1.54) is 0 Å². The number of carbonyl (C=O) groups is 2. The summed E-state index contributed by atoms with van der Waals surface area (Å²) in [5.74, 6) is -0.825. The summed E-state index contributed by atoms with van der Waals surface area (Å²) in [7, 11) is 0. The molecule has 23 heavy (non-hydrogen) atoms. The lowest BCUT2D eigenvalue weighted by Crippen LogP contribution is -2.35. The fourth-order valence-electron chi connectivity index (χ4n) is 2.21. The molecule has 0 aliphatic heterocycles. The molecule has 0 bridgehead atoms. The predicted octanol–water partition coefficient (Wildman–Crippen LogP) is 3.89. The molecule has 0 saturated carbocycles. The van der Waals surface area contributed by atoms with Crippen LogP contribution >= 0.6 is 0 Å². The van der Waals surface area contributed by atoms with E-state index < -0.39 is 17.7 Å². The third-order valence-corrected chi connectivity index (χ3v) is 3.36. The van der Waals surface area contributed by atoms with Crippen LogP contribution in [0.2, 0.25) is 0 Å². The quantitative estimate of drug-likeness (QED) is 0.833. The third-order valence-electron chi connectivity index (χ3n) is 3.36. The molecule has 1 rings (SSSR count). The Kier molecular flexibility index (Phi) is 6.61. The minimum Gasteiger partial charge on any atom is -0.481 e. The zero-order valence-electron chi connectivity index (χ0n) is 14.6. The van der Waals surface area contributed by atoms with Gasteiger partial charge in [0.25, 0.3) is 0 Å². The highest BCUT2D eigenvalue weighted by Gasteiger charge is 2.20. The predicted molar refractivity (Wildman–Crippen MR) is 89.8 cm³/mol. The van der Waals surface area contributed by atoms with E-state index in [4.69, 9.17) is 9.84 Å². The summed E-state index contributed by atoms with van der Waals surface area (Å²) >= 11 is 0. The summed E-state index contributed by atoms with van der Waals surface area (Å²) in [6.07, 6.45) is -0.579. The number of carbonyl (C=O) groups excluding carboxylic acids is 1. The van der Waals surface area contributed by atoms with Crippen molar-refractivity contribution >= 4 is 12.1 Å². The Morgan fingerprint density at radius 1 is 1.22 bits per heavy atom. The van der Waals surface area contributed by atoms with E-state index in [2.05, 4.69) is 19.2 Å². The molecule has 128 valence electrons. The van der Waals surface area contributed by atoms with Gasteiger partial charge >= 0.3 is 12.1 Å². The lowest BCUT2D eigenvalue weighted by atomic mass is 9.91. The molecular formula is C18H27NO4. The minimum atomic E-state index is -0.893. The van der Waals surface area contributed by atoms with Gasteiger partial charge in [-0.3, -0.25) is 4.79 Å². The van der Waals surface area contributed by atoms with E-state index in [-0.39, 0.29) is 18.9 Å². The number of alkyl carbamates (subject to hydrolysis) is 1.